The highest BCUT2D eigenvalue weighted by molar-refractivity contribution is 6.14. The summed E-state index contributed by atoms with van der Waals surface area (Å²) in [4.78, 5) is 23.5. The Balaban J connectivity index is 1.95. The molecule has 6 heteroatoms. The number of halogens is 1. The van der Waals surface area contributed by atoms with E-state index in [-0.39, 0.29) is 6.04 Å². The van der Waals surface area contributed by atoms with E-state index in [2.05, 4.69) is 0 Å². The standard InChI is InChI=1S/C18H17ClN2O3/c19-21(14-8-10-20(12-14)18(23)24)17(9-11-22)16-7-3-5-13-4-1-2-6-15(13)16/h1-7,9,14,17H,8,10,12H2,(H,23,24)/t14-,17-/m1/s1. The summed E-state index contributed by atoms with van der Waals surface area (Å²) in [5.74, 6) is 1.84. The van der Waals surface area contributed by atoms with E-state index in [9.17, 15) is 9.59 Å². The number of carbonyl (C=O) groups is 1. The van der Waals surface area contributed by atoms with Crippen LogP contribution in [0.2, 0.25) is 0 Å². The third-order valence-electron chi connectivity index (χ3n) is 4.42. The van der Waals surface area contributed by atoms with Gasteiger partial charge in [0.25, 0.3) is 0 Å². The van der Waals surface area contributed by atoms with Crippen LogP contribution in [0.25, 0.3) is 10.8 Å². The van der Waals surface area contributed by atoms with Crippen molar-refractivity contribution < 1.29 is 14.7 Å². The second-order valence-corrected chi connectivity index (χ2v) is 6.20. The van der Waals surface area contributed by atoms with Crippen molar-refractivity contribution in [2.45, 2.75) is 18.5 Å². The van der Waals surface area contributed by atoms with Gasteiger partial charge in [-0.25, -0.2) is 14.0 Å². The zero-order valence-electron chi connectivity index (χ0n) is 12.9. The second kappa shape index (κ2) is 7.05. The molecule has 1 heterocycles. The first-order chi connectivity index (χ1) is 11.6. The summed E-state index contributed by atoms with van der Waals surface area (Å²) >= 11 is 6.54. The lowest BCUT2D eigenvalue weighted by atomic mass is 9.98. The van der Waals surface area contributed by atoms with Gasteiger partial charge in [-0.05, 0) is 34.5 Å². The summed E-state index contributed by atoms with van der Waals surface area (Å²) in [5, 5.41) is 11.2. The zero-order valence-corrected chi connectivity index (χ0v) is 13.7. The molecule has 1 N–H and O–H groups in total. The van der Waals surface area contributed by atoms with Crippen molar-refractivity contribution in [3.05, 3.63) is 54.1 Å². The highest BCUT2D eigenvalue weighted by atomic mass is 35.5. The van der Waals surface area contributed by atoms with Gasteiger partial charge in [0.05, 0.1) is 6.04 Å². The SMILES string of the molecule is O=C=C[C@H](c1cccc2ccccc12)N(Cl)[C@@H]1CCN(C(=O)O)C1. The van der Waals surface area contributed by atoms with Gasteiger partial charge in [-0.2, -0.15) is 0 Å². The Bertz CT molecular complexity index is 798. The molecule has 1 saturated heterocycles. The third-order valence-corrected chi connectivity index (χ3v) is 4.90. The summed E-state index contributed by atoms with van der Waals surface area (Å²) in [7, 11) is 0. The van der Waals surface area contributed by atoms with Crippen molar-refractivity contribution in [2.24, 2.45) is 0 Å². The molecule has 124 valence electrons. The normalized spacial score (nSPS) is 18.6. The van der Waals surface area contributed by atoms with Crippen molar-refractivity contribution in [3.63, 3.8) is 0 Å². The molecule has 2 aromatic carbocycles. The Kier molecular flexibility index (Phi) is 4.86. The smallest absolute Gasteiger partial charge is 0.407 e. The van der Waals surface area contributed by atoms with Crippen LogP contribution >= 0.6 is 11.8 Å². The fourth-order valence-corrected chi connectivity index (χ4v) is 3.53. The molecule has 1 aliphatic rings. The van der Waals surface area contributed by atoms with Crippen LogP contribution in [0.1, 0.15) is 18.0 Å². The molecule has 1 fully saturated rings. The summed E-state index contributed by atoms with van der Waals surface area (Å²) < 4.78 is 1.55. The van der Waals surface area contributed by atoms with Crippen LogP contribution < -0.4 is 0 Å². The lowest BCUT2D eigenvalue weighted by Gasteiger charge is -2.28. The summed E-state index contributed by atoms with van der Waals surface area (Å²) in [6, 6.07) is 13.1. The van der Waals surface area contributed by atoms with Gasteiger partial charge in [-0.3, -0.25) is 0 Å². The van der Waals surface area contributed by atoms with E-state index in [4.69, 9.17) is 16.9 Å². The lowest BCUT2D eigenvalue weighted by Crippen LogP contribution is -2.35. The molecule has 2 aromatic rings. The third kappa shape index (κ3) is 3.15. The molecule has 1 aliphatic heterocycles. The van der Waals surface area contributed by atoms with Crippen LogP contribution in [0.15, 0.2) is 48.5 Å². The van der Waals surface area contributed by atoms with Crippen molar-refractivity contribution in [3.8, 4) is 0 Å². The van der Waals surface area contributed by atoms with Crippen molar-refractivity contribution >= 4 is 34.6 Å². The fourth-order valence-electron chi connectivity index (χ4n) is 3.21. The number of amides is 1. The van der Waals surface area contributed by atoms with E-state index in [0.29, 0.717) is 19.5 Å². The zero-order chi connectivity index (χ0) is 17.1. The number of fused-ring (bicyclic) bond motifs is 1. The minimum Gasteiger partial charge on any atom is -0.465 e. The number of carboxylic acid groups (broad SMARTS) is 1. The number of hydrogen-bond donors (Lipinski definition) is 1. The fraction of sp³-hybridized carbons (Fsp3) is 0.278. The molecule has 0 aromatic heterocycles. The maximum absolute atomic E-state index is 11.1. The molecule has 24 heavy (non-hydrogen) atoms. The van der Waals surface area contributed by atoms with Crippen molar-refractivity contribution in [1.29, 1.82) is 0 Å². The highest BCUT2D eigenvalue weighted by Crippen LogP contribution is 2.33. The maximum atomic E-state index is 11.1. The summed E-state index contributed by atoms with van der Waals surface area (Å²) in [6.07, 6.45) is 1.07. The summed E-state index contributed by atoms with van der Waals surface area (Å²) in [5.41, 5.74) is 0.903. The predicted octanol–water partition coefficient (Wildman–Crippen LogP) is 3.48. The minimum absolute atomic E-state index is 0.156. The first-order valence-electron chi connectivity index (χ1n) is 7.72. The first kappa shape index (κ1) is 16.5. The molecule has 0 saturated carbocycles. The van der Waals surface area contributed by atoms with Gasteiger partial charge in [0.15, 0.2) is 0 Å². The van der Waals surface area contributed by atoms with Crippen LogP contribution in [0.5, 0.6) is 0 Å². The Hall–Kier alpha value is -2.33. The molecular formula is C18H17ClN2O3. The molecule has 0 bridgehead atoms. The monoisotopic (exact) mass is 344 g/mol. The first-order valence-corrected chi connectivity index (χ1v) is 8.06. The summed E-state index contributed by atoms with van der Waals surface area (Å²) in [6.45, 7) is 0.767. The predicted molar refractivity (Wildman–Crippen MR) is 92.6 cm³/mol. The van der Waals surface area contributed by atoms with Crippen LogP contribution in [-0.2, 0) is 4.79 Å². The number of likely N-dealkylation sites (tertiary alicyclic amines) is 1. The molecule has 0 unspecified atom stereocenters. The molecular weight excluding hydrogens is 328 g/mol. The number of carbonyl (C=O) groups excluding carboxylic acids is 1. The molecule has 5 nitrogen and oxygen atoms in total. The van der Waals surface area contributed by atoms with Crippen molar-refractivity contribution in [1.82, 2.24) is 9.32 Å². The van der Waals surface area contributed by atoms with Gasteiger partial charge in [-0.1, -0.05) is 42.5 Å². The van der Waals surface area contributed by atoms with Gasteiger partial charge in [-0.15, -0.1) is 0 Å². The number of benzene rings is 2. The van der Waals surface area contributed by atoms with Crippen LogP contribution in [-0.4, -0.2) is 45.6 Å². The van der Waals surface area contributed by atoms with Gasteiger partial charge >= 0.3 is 6.09 Å². The molecule has 1 amide bonds. The minimum atomic E-state index is -0.949. The average Bonchev–Trinajstić information content (AvgIpc) is 3.09. The van der Waals surface area contributed by atoms with E-state index in [1.807, 2.05) is 48.4 Å². The number of hydrogen-bond acceptors (Lipinski definition) is 3. The van der Waals surface area contributed by atoms with Gasteiger partial charge in [0.1, 0.15) is 5.94 Å². The molecule has 3 rings (SSSR count). The molecule has 0 spiro atoms. The lowest BCUT2D eigenvalue weighted by molar-refractivity contribution is 0.152. The Morgan fingerprint density at radius 3 is 2.79 bits per heavy atom. The van der Waals surface area contributed by atoms with Gasteiger partial charge in [0, 0.05) is 25.2 Å². The van der Waals surface area contributed by atoms with Crippen LogP contribution in [0.4, 0.5) is 4.79 Å². The molecule has 0 radical (unpaired) electrons. The van der Waals surface area contributed by atoms with Gasteiger partial charge < -0.3 is 10.0 Å². The largest absolute Gasteiger partial charge is 0.465 e. The quantitative estimate of drug-likeness (QED) is 0.681. The van der Waals surface area contributed by atoms with Crippen molar-refractivity contribution in [2.75, 3.05) is 13.1 Å². The molecule has 2 atom stereocenters. The Labute approximate surface area is 144 Å². The van der Waals surface area contributed by atoms with Crippen LogP contribution in [0, 0.1) is 0 Å². The van der Waals surface area contributed by atoms with E-state index in [0.717, 1.165) is 16.3 Å². The van der Waals surface area contributed by atoms with E-state index < -0.39 is 12.1 Å². The van der Waals surface area contributed by atoms with Gasteiger partial charge in [0.2, 0.25) is 0 Å². The number of rotatable bonds is 4. The Morgan fingerprint density at radius 1 is 1.33 bits per heavy atom. The molecule has 0 aliphatic carbocycles. The van der Waals surface area contributed by atoms with Crippen LogP contribution in [0.3, 0.4) is 0 Å². The maximum Gasteiger partial charge on any atom is 0.407 e. The second-order valence-electron chi connectivity index (χ2n) is 5.81. The van der Waals surface area contributed by atoms with E-state index in [1.165, 1.54) is 11.0 Å². The average molecular weight is 345 g/mol. The topological polar surface area (TPSA) is 60.9 Å². The van der Waals surface area contributed by atoms with E-state index in [1.54, 1.807) is 4.42 Å². The highest BCUT2D eigenvalue weighted by Gasteiger charge is 2.33. The number of nitrogens with zero attached hydrogens (tertiary/aromatic N) is 2. The Morgan fingerprint density at radius 2 is 2.08 bits per heavy atom. The van der Waals surface area contributed by atoms with E-state index >= 15 is 0 Å².